The molecule has 1 aliphatic heterocycles. The smallest absolute Gasteiger partial charge is 0.0900 e. The van der Waals surface area contributed by atoms with Crippen LogP contribution in [0.4, 0.5) is 0 Å². The fraction of sp³-hybridized carbons (Fsp3) is 1.00. The van der Waals surface area contributed by atoms with Crippen molar-refractivity contribution in [3.05, 3.63) is 0 Å². The second-order valence-corrected chi connectivity index (χ2v) is 4.62. The van der Waals surface area contributed by atoms with E-state index in [1.807, 2.05) is 0 Å². The number of methoxy groups -OCH3 is 1. The van der Waals surface area contributed by atoms with Gasteiger partial charge >= 0.3 is 0 Å². The molecule has 4 nitrogen and oxygen atoms in total. The van der Waals surface area contributed by atoms with Crippen LogP contribution in [0.2, 0.25) is 0 Å². The fourth-order valence-electron chi connectivity index (χ4n) is 2.30. The van der Waals surface area contributed by atoms with Crippen molar-refractivity contribution in [2.45, 2.75) is 31.9 Å². The highest BCUT2D eigenvalue weighted by atomic mass is 16.5. The highest BCUT2D eigenvalue weighted by Gasteiger charge is 2.26. The number of nitrogens with two attached hydrogens (primary N) is 1. The molecule has 0 saturated carbocycles. The highest BCUT2D eigenvalue weighted by Crippen LogP contribution is 2.21. The predicted molar refractivity (Wildman–Crippen MR) is 60.7 cm³/mol. The second kappa shape index (κ2) is 6.43. The third-order valence-corrected chi connectivity index (χ3v) is 3.18. The molecule has 1 fully saturated rings. The number of nitrogens with zero attached hydrogens (tertiary/aromatic N) is 1. The van der Waals surface area contributed by atoms with Crippen LogP contribution < -0.4 is 5.73 Å². The van der Waals surface area contributed by atoms with Gasteiger partial charge in [0.05, 0.1) is 12.7 Å². The van der Waals surface area contributed by atoms with E-state index in [-0.39, 0.29) is 0 Å². The van der Waals surface area contributed by atoms with Crippen molar-refractivity contribution in [3.8, 4) is 0 Å². The van der Waals surface area contributed by atoms with Gasteiger partial charge in [0.1, 0.15) is 0 Å². The number of hydrogen-bond donors (Lipinski definition) is 2. The summed E-state index contributed by atoms with van der Waals surface area (Å²) in [7, 11) is 1.61. The maximum Gasteiger partial charge on any atom is 0.0900 e. The van der Waals surface area contributed by atoms with E-state index in [4.69, 9.17) is 10.5 Å². The van der Waals surface area contributed by atoms with Gasteiger partial charge in [-0.2, -0.15) is 0 Å². The molecular formula is C11H24N2O2. The van der Waals surface area contributed by atoms with Crippen LogP contribution in [0, 0.1) is 5.92 Å². The number of piperidine rings is 1. The van der Waals surface area contributed by atoms with E-state index in [1.165, 1.54) is 6.42 Å². The molecular weight excluding hydrogens is 192 g/mol. The minimum absolute atomic E-state index is 0.391. The van der Waals surface area contributed by atoms with Gasteiger partial charge in [-0.15, -0.1) is 0 Å². The monoisotopic (exact) mass is 216 g/mol. The average Bonchev–Trinajstić information content (AvgIpc) is 2.21. The van der Waals surface area contributed by atoms with Crippen LogP contribution in [0.5, 0.6) is 0 Å². The Morgan fingerprint density at radius 1 is 1.60 bits per heavy atom. The summed E-state index contributed by atoms with van der Waals surface area (Å²) in [5.74, 6) is 0.759. The van der Waals surface area contributed by atoms with Crippen molar-refractivity contribution >= 4 is 0 Å². The van der Waals surface area contributed by atoms with Gasteiger partial charge in [0, 0.05) is 26.2 Å². The average molecular weight is 216 g/mol. The van der Waals surface area contributed by atoms with Gasteiger partial charge in [-0.05, 0) is 25.3 Å². The number of aliphatic hydroxyl groups excluding tert-OH is 1. The molecule has 0 spiro atoms. The molecule has 1 aliphatic rings. The summed E-state index contributed by atoms with van der Waals surface area (Å²) >= 11 is 0. The Morgan fingerprint density at radius 3 is 2.93 bits per heavy atom. The Bertz CT molecular complexity index is 178. The first-order chi connectivity index (χ1) is 7.17. The summed E-state index contributed by atoms with van der Waals surface area (Å²) in [6, 6.07) is 0.431. The van der Waals surface area contributed by atoms with Crippen LogP contribution in [-0.4, -0.2) is 55.5 Å². The lowest BCUT2D eigenvalue weighted by Gasteiger charge is -2.38. The van der Waals surface area contributed by atoms with Crippen LogP contribution in [0.3, 0.4) is 0 Å². The van der Waals surface area contributed by atoms with Crippen LogP contribution in [0.25, 0.3) is 0 Å². The molecule has 0 aromatic rings. The lowest BCUT2D eigenvalue weighted by atomic mass is 9.92. The second-order valence-electron chi connectivity index (χ2n) is 4.62. The topological polar surface area (TPSA) is 58.7 Å². The summed E-state index contributed by atoms with van der Waals surface area (Å²) in [5, 5.41) is 9.67. The molecule has 0 aliphatic carbocycles. The normalized spacial score (nSPS) is 30.4. The molecule has 3 atom stereocenters. The zero-order valence-electron chi connectivity index (χ0n) is 9.85. The largest absolute Gasteiger partial charge is 0.389 e. The third-order valence-electron chi connectivity index (χ3n) is 3.18. The lowest BCUT2D eigenvalue weighted by molar-refractivity contribution is 0.0135. The van der Waals surface area contributed by atoms with Crippen molar-refractivity contribution in [2.75, 3.05) is 33.4 Å². The van der Waals surface area contributed by atoms with Crippen molar-refractivity contribution in [3.63, 3.8) is 0 Å². The van der Waals surface area contributed by atoms with E-state index >= 15 is 0 Å². The number of hydrogen-bond acceptors (Lipinski definition) is 4. The zero-order valence-corrected chi connectivity index (χ0v) is 9.85. The molecule has 15 heavy (non-hydrogen) atoms. The van der Waals surface area contributed by atoms with Gasteiger partial charge in [0.15, 0.2) is 0 Å². The van der Waals surface area contributed by atoms with Crippen LogP contribution in [0.15, 0.2) is 0 Å². The van der Waals surface area contributed by atoms with Crippen LogP contribution in [-0.2, 0) is 4.74 Å². The summed E-state index contributed by atoms with van der Waals surface area (Å²) in [4.78, 5) is 2.30. The predicted octanol–water partition coefficient (Wildman–Crippen LogP) is 0.0529. The van der Waals surface area contributed by atoms with Gasteiger partial charge in [0.2, 0.25) is 0 Å². The quantitative estimate of drug-likeness (QED) is 0.682. The van der Waals surface area contributed by atoms with E-state index in [1.54, 1.807) is 7.11 Å². The Hall–Kier alpha value is -0.160. The molecule has 4 heteroatoms. The van der Waals surface area contributed by atoms with Gasteiger partial charge in [-0.3, -0.25) is 4.90 Å². The number of likely N-dealkylation sites (tertiary alicyclic amines) is 1. The summed E-state index contributed by atoms with van der Waals surface area (Å²) < 4.78 is 4.93. The SMILES string of the molecule is COCC(O)CN1CCC(C)CC1CN. The standard InChI is InChI=1S/C11H24N2O2/c1-9-3-4-13(10(5-9)6-12)7-11(14)8-15-2/h9-11,14H,3-8,12H2,1-2H3. The summed E-state index contributed by atoms with van der Waals surface area (Å²) in [5.41, 5.74) is 5.75. The van der Waals surface area contributed by atoms with E-state index in [0.717, 1.165) is 18.9 Å². The number of β-amino-alcohol motifs (C(OH)–C–C–N with tert-alkyl or cyclic N) is 1. The van der Waals surface area contributed by atoms with E-state index in [0.29, 0.717) is 25.7 Å². The molecule has 0 aromatic carbocycles. The Morgan fingerprint density at radius 2 is 2.33 bits per heavy atom. The van der Waals surface area contributed by atoms with Crippen molar-refractivity contribution in [1.29, 1.82) is 0 Å². The molecule has 0 radical (unpaired) electrons. The molecule has 1 heterocycles. The first-order valence-electron chi connectivity index (χ1n) is 5.78. The Labute approximate surface area is 92.4 Å². The number of ether oxygens (including phenoxy) is 1. The van der Waals surface area contributed by atoms with Crippen molar-refractivity contribution in [2.24, 2.45) is 11.7 Å². The maximum absolute atomic E-state index is 9.67. The Kier molecular flexibility index (Phi) is 5.53. The maximum atomic E-state index is 9.67. The van der Waals surface area contributed by atoms with Crippen molar-refractivity contribution < 1.29 is 9.84 Å². The third kappa shape index (κ3) is 4.07. The first-order valence-corrected chi connectivity index (χ1v) is 5.78. The molecule has 90 valence electrons. The fourth-order valence-corrected chi connectivity index (χ4v) is 2.30. The molecule has 0 amide bonds. The molecule has 3 unspecified atom stereocenters. The Balaban J connectivity index is 2.38. The van der Waals surface area contributed by atoms with Gasteiger partial charge < -0.3 is 15.6 Å². The molecule has 0 aromatic heterocycles. The van der Waals surface area contributed by atoms with E-state index < -0.39 is 6.10 Å². The van der Waals surface area contributed by atoms with Gasteiger partial charge in [0.25, 0.3) is 0 Å². The molecule has 0 bridgehead atoms. The van der Waals surface area contributed by atoms with Crippen LogP contribution in [0.1, 0.15) is 19.8 Å². The van der Waals surface area contributed by atoms with Crippen LogP contribution >= 0.6 is 0 Å². The number of aliphatic hydroxyl groups is 1. The van der Waals surface area contributed by atoms with Gasteiger partial charge in [-0.1, -0.05) is 6.92 Å². The minimum atomic E-state index is -0.391. The summed E-state index contributed by atoms with van der Waals surface area (Å²) in [6.07, 6.45) is 1.96. The first kappa shape index (κ1) is 12.9. The lowest BCUT2D eigenvalue weighted by Crippen LogP contribution is -2.49. The van der Waals surface area contributed by atoms with Crippen molar-refractivity contribution in [1.82, 2.24) is 4.90 Å². The zero-order chi connectivity index (χ0) is 11.3. The minimum Gasteiger partial charge on any atom is -0.389 e. The van der Waals surface area contributed by atoms with E-state index in [2.05, 4.69) is 11.8 Å². The van der Waals surface area contributed by atoms with E-state index in [9.17, 15) is 5.11 Å². The molecule has 1 rings (SSSR count). The molecule has 1 saturated heterocycles. The summed E-state index contributed by atoms with van der Waals surface area (Å²) in [6.45, 7) is 5.09. The van der Waals surface area contributed by atoms with Gasteiger partial charge in [-0.25, -0.2) is 0 Å². The highest BCUT2D eigenvalue weighted by molar-refractivity contribution is 4.82. The molecule has 3 N–H and O–H groups in total. The number of rotatable bonds is 5.